The molecular weight excluding hydrogens is 379 g/mol. The topological polar surface area (TPSA) is 68.2 Å². The fourth-order valence-electron chi connectivity index (χ4n) is 3.09. The summed E-state index contributed by atoms with van der Waals surface area (Å²) in [7, 11) is 0. The lowest BCUT2D eigenvalue weighted by atomic mass is 10.1. The Labute approximate surface area is 165 Å². The highest BCUT2D eigenvalue weighted by molar-refractivity contribution is 7.99. The number of carbonyl (C=O) groups excluding carboxylic acids is 1. The van der Waals surface area contributed by atoms with E-state index in [0.717, 1.165) is 5.75 Å². The maximum Gasteiger partial charge on any atom is 0.247 e. The summed E-state index contributed by atoms with van der Waals surface area (Å²) in [6.45, 7) is 3.46. The number of thioether (sulfide) groups is 1. The molecule has 0 bridgehead atoms. The summed E-state index contributed by atoms with van der Waals surface area (Å²) in [5, 5.41) is 8.98. The lowest BCUT2D eigenvalue weighted by Crippen LogP contribution is -2.36. The molecule has 28 heavy (non-hydrogen) atoms. The quantitative estimate of drug-likeness (QED) is 0.617. The van der Waals surface area contributed by atoms with E-state index in [-0.39, 0.29) is 17.6 Å². The van der Waals surface area contributed by atoms with Gasteiger partial charge in [0.25, 0.3) is 0 Å². The second-order valence-corrected chi connectivity index (χ2v) is 7.34. The molecule has 142 valence electrons. The first-order valence-electron chi connectivity index (χ1n) is 8.77. The van der Waals surface area contributed by atoms with Gasteiger partial charge in [-0.2, -0.15) is 4.98 Å². The summed E-state index contributed by atoms with van der Waals surface area (Å²) in [5.41, 5.74) is 2.43. The molecule has 0 aliphatic carbocycles. The molecular formula is C20H17FN4O2S. The van der Waals surface area contributed by atoms with Gasteiger partial charge in [0.15, 0.2) is 5.69 Å². The van der Waals surface area contributed by atoms with Gasteiger partial charge < -0.3 is 4.74 Å². The molecule has 0 fully saturated rings. The molecule has 3 aromatic rings. The van der Waals surface area contributed by atoms with Crippen LogP contribution >= 0.6 is 11.8 Å². The van der Waals surface area contributed by atoms with Gasteiger partial charge in [-0.15, -0.1) is 10.2 Å². The lowest BCUT2D eigenvalue weighted by molar-refractivity contribution is -0.118. The summed E-state index contributed by atoms with van der Waals surface area (Å²) >= 11 is 1.45. The summed E-state index contributed by atoms with van der Waals surface area (Å²) < 4.78 is 19.6. The van der Waals surface area contributed by atoms with Crippen molar-refractivity contribution < 1.29 is 13.9 Å². The zero-order chi connectivity index (χ0) is 19.7. The Morgan fingerprint density at radius 1 is 1.18 bits per heavy atom. The average Bonchev–Trinajstić information content (AvgIpc) is 2.83. The van der Waals surface area contributed by atoms with Crippen LogP contribution in [-0.4, -0.2) is 26.8 Å². The molecule has 8 heteroatoms. The van der Waals surface area contributed by atoms with E-state index in [9.17, 15) is 9.18 Å². The second kappa shape index (κ2) is 7.55. The molecule has 0 unspecified atom stereocenters. The number of para-hydroxylation sites is 1. The van der Waals surface area contributed by atoms with Gasteiger partial charge in [-0.05, 0) is 24.0 Å². The number of anilines is 1. The van der Waals surface area contributed by atoms with Crippen molar-refractivity contribution in [2.75, 3.05) is 10.7 Å². The number of carbonyl (C=O) groups is 1. The van der Waals surface area contributed by atoms with Crippen molar-refractivity contribution in [2.24, 2.45) is 0 Å². The van der Waals surface area contributed by atoms with Gasteiger partial charge in [0.1, 0.15) is 5.82 Å². The summed E-state index contributed by atoms with van der Waals surface area (Å²) in [6, 6.07) is 13.2. The van der Waals surface area contributed by atoms with E-state index in [1.165, 1.54) is 35.7 Å². The van der Waals surface area contributed by atoms with Crippen LogP contribution in [0.4, 0.5) is 10.1 Å². The van der Waals surface area contributed by atoms with Crippen LogP contribution in [0.3, 0.4) is 0 Å². The molecule has 1 aromatic heterocycles. The Hall–Kier alpha value is -3.00. The molecule has 6 nitrogen and oxygen atoms in total. The average molecular weight is 396 g/mol. The Kier molecular flexibility index (Phi) is 4.95. The number of ether oxygens (including phenoxy) is 1. The molecule has 1 aliphatic rings. The minimum absolute atomic E-state index is 0.217. The number of amides is 1. The molecule has 0 N–H and O–H groups in total. The van der Waals surface area contributed by atoms with Crippen molar-refractivity contribution in [1.29, 1.82) is 0 Å². The van der Waals surface area contributed by atoms with Crippen LogP contribution in [0.1, 0.15) is 25.6 Å². The number of aromatic nitrogens is 3. The number of hydrogen-bond acceptors (Lipinski definition) is 6. The first-order chi connectivity index (χ1) is 13.6. The van der Waals surface area contributed by atoms with E-state index in [1.54, 1.807) is 12.1 Å². The predicted molar refractivity (Wildman–Crippen MR) is 105 cm³/mol. The fourth-order valence-corrected chi connectivity index (χ4v) is 3.59. The van der Waals surface area contributed by atoms with Crippen molar-refractivity contribution in [3.63, 3.8) is 0 Å². The number of benzene rings is 2. The largest absolute Gasteiger partial charge is 0.447 e. The van der Waals surface area contributed by atoms with Crippen LogP contribution in [0.25, 0.3) is 11.3 Å². The number of halogens is 1. The molecule has 0 radical (unpaired) electrons. The van der Waals surface area contributed by atoms with Crippen molar-refractivity contribution in [3.8, 4) is 17.1 Å². The molecule has 0 saturated heterocycles. The van der Waals surface area contributed by atoms with Crippen LogP contribution in [0.5, 0.6) is 5.88 Å². The molecule has 2 heterocycles. The molecule has 1 aliphatic heterocycles. The first kappa shape index (κ1) is 18.4. The standard InChI is InChI=1S/C20H17FN4O2S/c1-3-28-20-22-18-17(23-24-20)15-6-4-5-7-16(15)25(12(2)26)19(27-18)13-8-10-14(21)11-9-13/h4-11,19H,3H2,1-2H3/t19-/m0/s1. The number of fused-ring (bicyclic) bond motifs is 3. The second-order valence-electron chi connectivity index (χ2n) is 6.11. The maximum atomic E-state index is 13.5. The van der Waals surface area contributed by atoms with E-state index in [0.29, 0.717) is 27.7 Å². The lowest BCUT2D eigenvalue weighted by Gasteiger charge is -2.29. The highest BCUT2D eigenvalue weighted by atomic mass is 32.2. The van der Waals surface area contributed by atoms with Crippen LogP contribution in [0.2, 0.25) is 0 Å². The van der Waals surface area contributed by atoms with Crippen molar-refractivity contribution in [3.05, 3.63) is 59.9 Å². The predicted octanol–water partition coefficient (Wildman–Crippen LogP) is 4.23. The highest BCUT2D eigenvalue weighted by Gasteiger charge is 2.34. The van der Waals surface area contributed by atoms with Gasteiger partial charge in [-0.25, -0.2) is 4.39 Å². The van der Waals surface area contributed by atoms with Gasteiger partial charge >= 0.3 is 0 Å². The third-order valence-corrected chi connectivity index (χ3v) is 5.00. The smallest absolute Gasteiger partial charge is 0.247 e. The highest BCUT2D eigenvalue weighted by Crippen LogP contribution is 2.43. The number of nitrogens with zero attached hydrogens (tertiary/aromatic N) is 4. The van der Waals surface area contributed by atoms with Gasteiger partial charge in [0.2, 0.25) is 23.2 Å². The fraction of sp³-hybridized carbons (Fsp3) is 0.200. The summed E-state index contributed by atoms with van der Waals surface area (Å²) in [4.78, 5) is 18.6. The van der Waals surface area contributed by atoms with E-state index >= 15 is 0 Å². The van der Waals surface area contributed by atoms with Gasteiger partial charge in [0, 0.05) is 18.1 Å². The van der Waals surface area contributed by atoms with E-state index in [1.807, 2.05) is 31.2 Å². The normalized spacial score (nSPS) is 15.2. The third kappa shape index (κ3) is 3.31. The van der Waals surface area contributed by atoms with E-state index in [2.05, 4.69) is 15.2 Å². The van der Waals surface area contributed by atoms with Crippen molar-refractivity contribution in [2.45, 2.75) is 25.2 Å². The van der Waals surface area contributed by atoms with Crippen molar-refractivity contribution in [1.82, 2.24) is 15.2 Å². The number of hydrogen-bond donors (Lipinski definition) is 0. The van der Waals surface area contributed by atoms with E-state index < -0.39 is 6.23 Å². The molecule has 2 aromatic carbocycles. The zero-order valence-corrected chi connectivity index (χ0v) is 16.1. The Balaban J connectivity index is 1.93. The Bertz CT molecular complexity index is 1030. The minimum atomic E-state index is -0.809. The maximum absolute atomic E-state index is 13.5. The van der Waals surface area contributed by atoms with Gasteiger partial charge in [0.05, 0.1) is 5.69 Å². The SMILES string of the molecule is CCSc1nnc2c(n1)O[C@@H](c1ccc(F)cc1)N(C(C)=O)c1ccccc1-2. The van der Waals surface area contributed by atoms with Crippen molar-refractivity contribution >= 4 is 23.4 Å². The van der Waals surface area contributed by atoms with Crippen LogP contribution in [0, 0.1) is 5.82 Å². The zero-order valence-electron chi connectivity index (χ0n) is 15.3. The summed E-state index contributed by atoms with van der Waals surface area (Å²) in [6.07, 6.45) is -0.809. The minimum Gasteiger partial charge on any atom is -0.447 e. The Morgan fingerprint density at radius 3 is 2.64 bits per heavy atom. The molecule has 1 atom stereocenters. The van der Waals surface area contributed by atoms with Gasteiger partial charge in [-0.1, -0.05) is 49.0 Å². The number of rotatable bonds is 3. The first-order valence-corrected chi connectivity index (χ1v) is 9.76. The van der Waals surface area contributed by atoms with E-state index in [4.69, 9.17) is 4.74 Å². The Morgan fingerprint density at radius 2 is 1.93 bits per heavy atom. The van der Waals surface area contributed by atoms with Crippen LogP contribution in [0.15, 0.2) is 53.7 Å². The monoisotopic (exact) mass is 396 g/mol. The third-order valence-electron chi connectivity index (χ3n) is 4.28. The van der Waals surface area contributed by atoms with Gasteiger partial charge in [-0.3, -0.25) is 9.69 Å². The summed E-state index contributed by atoms with van der Waals surface area (Å²) in [5.74, 6) is 0.498. The molecule has 1 amide bonds. The molecule has 0 saturated carbocycles. The van der Waals surface area contributed by atoms with Crippen LogP contribution < -0.4 is 9.64 Å². The molecule has 0 spiro atoms. The molecule has 4 rings (SSSR count). The van der Waals surface area contributed by atoms with Crippen LogP contribution in [-0.2, 0) is 4.79 Å².